The van der Waals surface area contributed by atoms with Gasteiger partial charge in [0, 0.05) is 31.5 Å². The summed E-state index contributed by atoms with van der Waals surface area (Å²) in [6.07, 6.45) is 8.52. The Morgan fingerprint density at radius 2 is 1.78 bits per heavy atom. The van der Waals surface area contributed by atoms with Crippen LogP contribution in [-0.2, 0) is 14.3 Å². The highest BCUT2D eigenvalue weighted by Crippen LogP contribution is 2.22. The number of piperidine rings is 1. The number of carbonyl (C=O) groups excluding carboxylic acids is 2. The third-order valence-electron chi connectivity index (χ3n) is 5.77. The van der Waals surface area contributed by atoms with Gasteiger partial charge in [0.15, 0.2) is 0 Å². The van der Waals surface area contributed by atoms with E-state index in [1.54, 1.807) is 5.48 Å². The van der Waals surface area contributed by atoms with E-state index < -0.39 is 11.9 Å². The second kappa shape index (κ2) is 11.0. The Kier molecular flexibility index (Phi) is 8.38. The van der Waals surface area contributed by atoms with Gasteiger partial charge in [0.1, 0.15) is 12.1 Å². The summed E-state index contributed by atoms with van der Waals surface area (Å²) in [6.45, 7) is 7.62. The van der Waals surface area contributed by atoms with Crippen LogP contribution < -0.4 is 15.7 Å². The first-order valence-electron chi connectivity index (χ1n) is 11.4. The molecule has 0 radical (unpaired) electrons. The van der Waals surface area contributed by atoms with Crippen molar-refractivity contribution in [2.75, 3.05) is 24.6 Å². The van der Waals surface area contributed by atoms with Crippen LogP contribution in [0.4, 0.5) is 5.95 Å². The summed E-state index contributed by atoms with van der Waals surface area (Å²) in [5, 5.41) is 12.2. The van der Waals surface area contributed by atoms with Crippen LogP contribution in [0.2, 0.25) is 0 Å². The fraction of sp³-hybridized carbons (Fsp3) is 0.727. The molecular formula is C22H35N5O5. The Bertz CT molecular complexity index is 753. The number of hydroxylamine groups is 1. The number of nitrogens with zero attached hydrogens (tertiary/aromatic N) is 3. The molecule has 2 heterocycles. The summed E-state index contributed by atoms with van der Waals surface area (Å²) in [5.74, 6) is -0.344. The van der Waals surface area contributed by atoms with E-state index in [1.807, 2.05) is 25.7 Å². The monoisotopic (exact) mass is 449 g/mol. The van der Waals surface area contributed by atoms with Gasteiger partial charge in [0.2, 0.25) is 5.95 Å². The van der Waals surface area contributed by atoms with Crippen LogP contribution >= 0.6 is 0 Å². The van der Waals surface area contributed by atoms with E-state index in [4.69, 9.17) is 14.7 Å². The maximum Gasteiger partial charge on any atom is 0.325 e. The van der Waals surface area contributed by atoms with Gasteiger partial charge in [-0.3, -0.25) is 20.1 Å². The first kappa shape index (κ1) is 24.3. The van der Waals surface area contributed by atoms with E-state index in [2.05, 4.69) is 15.3 Å². The van der Waals surface area contributed by atoms with E-state index in [1.165, 1.54) is 12.4 Å². The van der Waals surface area contributed by atoms with Crippen molar-refractivity contribution in [2.45, 2.75) is 83.1 Å². The molecule has 32 heavy (non-hydrogen) atoms. The van der Waals surface area contributed by atoms with E-state index in [-0.39, 0.29) is 35.9 Å². The van der Waals surface area contributed by atoms with E-state index in [0.717, 1.165) is 38.5 Å². The highest BCUT2D eigenvalue weighted by molar-refractivity contribution is 5.92. The van der Waals surface area contributed by atoms with Crippen LogP contribution in [0.15, 0.2) is 12.4 Å². The van der Waals surface area contributed by atoms with Crippen molar-refractivity contribution in [2.24, 2.45) is 0 Å². The lowest BCUT2D eigenvalue weighted by Gasteiger charge is -2.34. The summed E-state index contributed by atoms with van der Waals surface area (Å²) < 4.78 is 11.7. The third kappa shape index (κ3) is 7.11. The van der Waals surface area contributed by atoms with Gasteiger partial charge in [-0.15, -0.1) is 0 Å². The molecule has 1 atom stereocenters. The number of anilines is 1. The van der Waals surface area contributed by atoms with Gasteiger partial charge in [-0.05, 0) is 59.3 Å². The normalized spacial score (nSPS) is 19.1. The van der Waals surface area contributed by atoms with Crippen molar-refractivity contribution >= 4 is 17.8 Å². The molecule has 1 aliphatic carbocycles. The van der Waals surface area contributed by atoms with Gasteiger partial charge < -0.3 is 14.4 Å². The van der Waals surface area contributed by atoms with E-state index >= 15 is 0 Å². The SMILES string of the molecule is CC(C)(C)OC[C@H](NC1CCN(c2ncc(C(=O)NO)cn2)CC1)C(=O)OC1CCCC1. The lowest BCUT2D eigenvalue weighted by molar-refractivity contribution is -0.155. The third-order valence-corrected chi connectivity index (χ3v) is 5.77. The minimum Gasteiger partial charge on any atom is -0.461 e. The second-order valence-corrected chi connectivity index (χ2v) is 9.46. The number of esters is 1. The van der Waals surface area contributed by atoms with Gasteiger partial charge in [0.25, 0.3) is 5.91 Å². The van der Waals surface area contributed by atoms with E-state index in [9.17, 15) is 9.59 Å². The Balaban J connectivity index is 1.54. The quantitative estimate of drug-likeness (QED) is 0.309. The number of nitrogens with one attached hydrogen (secondary N) is 2. The molecule has 178 valence electrons. The molecule has 0 bridgehead atoms. The maximum atomic E-state index is 12.8. The van der Waals surface area contributed by atoms with Crippen LogP contribution in [0.1, 0.15) is 69.7 Å². The molecule has 1 amide bonds. The Hall–Kier alpha value is -2.30. The molecule has 1 saturated heterocycles. The lowest BCUT2D eigenvalue weighted by atomic mass is 10.0. The number of ether oxygens (including phenoxy) is 2. The molecule has 10 nitrogen and oxygen atoms in total. The van der Waals surface area contributed by atoms with Gasteiger partial charge in [-0.1, -0.05) is 0 Å². The molecule has 10 heteroatoms. The highest BCUT2D eigenvalue weighted by Gasteiger charge is 2.31. The standard InChI is InChI=1S/C22H35N5O5/c1-22(2,3)31-14-18(20(29)32-17-6-4-5-7-17)25-16-8-10-27(11-9-16)21-23-12-15(13-24-21)19(28)26-30/h12-13,16-18,25,30H,4-11,14H2,1-3H3,(H,26,28)/t18-/m0/s1. The summed E-state index contributed by atoms with van der Waals surface area (Å²) in [5.41, 5.74) is 1.42. The summed E-state index contributed by atoms with van der Waals surface area (Å²) in [6, 6.07) is -0.353. The van der Waals surface area contributed by atoms with Crippen molar-refractivity contribution in [1.29, 1.82) is 0 Å². The number of hydrogen-bond acceptors (Lipinski definition) is 9. The molecule has 1 aromatic rings. The number of rotatable bonds is 8. The predicted octanol–water partition coefficient (Wildman–Crippen LogP) is 1.82. The first-order valence-corrected chi connectivity index (χ1v) is 11.4. The Morgan fingerprint density at radius 1 is 1.16 bits per heavy atom. The zero-order valence-corrected chi connectivity index (χ0v) is 19.2. The van der Waals surface area contributed by atoms with Gasteiger partial charge in [0.05, 0.1) is 17.8 Å². The van der Waals surface area contributed by atoms with Crippen LogP contribution in [0.25, 0.3) is 0 Å². The molecule has 0 aromatic carbocycles. The van der Waals surface area contributed by atoms with Crippen molar-refractivity contribution in [1.82, 2.24) is 20.8 Å². The number of amides is 1. The largest absolute Gasteiger partial charge is 0.461 e. The van der Waals surface area contributed by atoms with Crippen LogP contribution in [0.5, 0.6) is 0 Å². The molecule has 1 aliphatic heterocycles. The predicted molar refractivity (Wildman–Crippen MR) is 117 cm³/mol. The van der Waals surface area contributed by atoms with Gasteiger partial charge in [-0.2, -0.15) is 0 Å². The van der Waals surface area contributed by atoms with Crippen molar-refractivity contribution in [3.05, 3.63) is 18.0 Å². The maximum absolute atomic E-state index is 12.8. The summed E-state index contributed by atoms with van der Waals surface area (Å²) in [4.78, 5) is 34.7. The summed E-state index contributed by atoms with van der Waals surface area (Å²) in [7, 11) is 0. The molecule has 1 aromatic heterocycles. The van der Waals surface area contributed by atoms with Crippen LogP contribution in [0.3, 0.4) is 0 Å². The average Bonchev–Trinajstić information content (AvgIpc) is 3.29. The van der Waals surface area contributed by atoms with Crippen molar-refractivity contribution in [3.63, 3.8) is 0 Å². The summed E-state index contributed by atoms with van der Waals surface area (Å²) >= 11 is 0. The molecule has 3 rings (SSSR count). The molecular weight excluding hydrogens is 414 g/mol. The zero-order chi connectivity index (χ0) is 23.1. The molecule has 2 fully saturated rings. The lowest BCUT2D eigenvalue weighted by Crippen LogP contribution is -2.52. The van der Waals surface area contributed by atoms with Gasteiger partial charge in [-0.25, -0.2) is 15.4 Å². The first-order chi connectivity index (χ1) is 15.2. The van der Waals surface area contributed by atoms with Crippen LogP contribution in [0, 0.1) is 0 Å². The molecule has 1 saturated carbocycles. The number of hydrogen-bond donors (Lipinski definition) is 3. The number of carbonyl (C=O) groups is 2. The molecule has 3 N–H and O–H groups in total. The van der Waals surface area contributed by atoms with Crippen molar-refractivity contribution in [3.8, 4) is 0 Å². The topological polar surface area (TPSA) is 126 Å². The minimum absolute atomic E-state index is 0.0244. The Labute approximate surface area is 189 Å². The van der Waals surface area contributed by atoms with E-state index in [0.29, 0.717) is 19.0 Å². The fourth-order valence-corrected chi connectivity index (χ4v) is 3.97. The smallest absolute Gasteiger partial charge is 0.325 e. The highest BCUT2D eigenvalue weighted by atomic mass is 16.6. The fourth-order valence-electron chi connectivity index (χ4n) is 3.97. The second-order valence-electron chi connectivity index (χ2n) is 9.46. The molecule has 0 spiro atoms. The van der Waals surface area contributed by atoms with Crippen LogP contribution in [-0.4, -0.2) is 70.5 Å². The number of aromatic nitrogens is 2. The zero-order valence-electron chi connectivity index (χ0n) is 19.2. The Morgan fingerprint density at radius 3 is 2.34 bits per heavy atom. The molecule has 2 aliphatic rings. The average molecular weight is 450 g/mol. The molecule has 0 unspecified atom stereocenters. The van der Waals surface area contributed by atoms with Crippen molar-refractivity contribution < 1.29 is 24.3 Å². The minimum atomic E-state index is -0.646. The van der Waals surface area contributed by atoms with Gasteiger partial charge >= 0.3 is 5.97 Å².